The standard InChI is InChI=1S/C30H34N2O5S/c1-6-36-30(35)26-23-13-7-18(3)16-25(23)38-29(26)32-28(34)21-9-11-22(12-10-21)37-20(5)27(33)31-24-14-8-17(2)15-19(24)4/h8-12,14-15,18,20H,6-7,13,16H2,1-5H3,(H,31,33)(H,32,34). The number of thiophene rings is 1. The summed E-state index contributed by atoms with van der Waals surface area (Å²) < 4.78 is 11.1. The van der Waals surface area contributed by atoms with Gasteiger partial charge in [-0.25, -0.2) is 4.79 Å². The van der Waals surface area contributed by atoms with Crippen LogP contribution in [0.15, 0.2) is 42.5 Å². The average Bonchev–Trinajstić information content (AvgIpc) is 3.22. The van der Waals surface area contributed by atoms with E-state index in [2.05, 4.69) is 17.6 Å². The van der Waals surface area contributed by atoms with Crippen LogP contribution in [0.5, 0.6) is 5.75 Å². The van der Waals surface area contributed by atoms with Gasteiger partial charge in [0.05, 0.1) is 12.2 Å². The highest BCUT2D eigenvalue weighted by molar-refractivity contribution is 7.17. The summed E-state index contributed by atoms with van der Waals surface area (Å²) in [5.41, 5.74) is 4.75. The maximum Gasteiger partial charge on any atom is 0.341 e. The summed E-state index contributed by atoms with van der Waals surface area (Å²) in [6.45, 7) is 9.87. The lowest BCUT2D eigenvalue weighted by Gasteiger charge is -2.18. The van der Waals surface area contributed by atoms with Crippen molar-refractivity contribution in [1.29, 1.82) is 0 Å². The van der Waals surface area contributed by atoms with Crippen molar-refractivity contribution in [1.82, 2.24) is 0 Å². The Balaban J connectivity index is 1.42. The monoisotopic (exact) mass is 534 g/mol. The van der Waals surface area contributed by atoms with E-state index in [9.17, 15) is 14.4 Å². The molecule has 0 radical (unpaired) electrons. The van der Waals surface area contributed by atoms with Crippen molar-refractivity contribution in [2.75, 3.05) is 17.2 Å². The van der Waals surface area contributed by atoms with E-state index in [1.807, 2.05) is 32.0 Å². The second-order valence-corrected chi connectivity index (χ2v) is 10.9. The highest BCUT2D eigenvalue weighted by Crippen LogP contribution is 2.40. The zero-order valence-corrected chi connectivity index (χ0v) is 23.3. The number of hydrogen-bond acceptors (Lipinski definition) is 6. The Labute approximate surface area is 227 Å². The van der Waals surface area contributed by atoms with Gasteiger partial charge in [-0.1, -0.05) is 24.6 Å². The maximum absolute atomic E-state index is 13.1. The maximum atomic E-state index is 13.1. The molecule has 7 nitrogen and oxygen atoms in total. The van der Waals surface area contributed by atoms with Gasteiger partial charge in [-0.05, 0) is 94.3 Å². The molecule has 0 bridgehead atoms. The molecule has 2 aromatic carbocycles. The van der Waals surface area contributed by atoms with Crippen molar-refractivity contribution < 1.29 is 23.9 Å². The van der Waals surface area contributed by atoms with Crippen LogP contribution < -0.4 is 15.4 Å². The molecular weight excluding hydrogens is 500 g/mol. The molecular formula is C30H34N2O5S. The SMILES string of the molecule is CCOC(=O)c1c(NC(=O)c2ccc(OC(C)C(=O)Nc3ccc(C)cc3C)cc2)sc2c1CCC(C)C2. The minimum Gasteiger partial charge on any atom is -0.481 e. The molecule has 0 spiro atoms. The predicted octanol–water partition coefficient (Wildman–Crippen LogP) is 6.32. The summed E-state index contributed by atoms with van der Waals surface area (Å²) in [6, 6.07) is 12.4. The van der Waals surface area contributed by atoms with Crippen LogP contribution in [-0.2, 0) is 22.4 Å². The molecule has 200 valence electrons. The number of fused-ring (bicyclic) bond motifs is 1. The molecule has 0 fully saturated rings. The summed E-state index contributed by atoms with van der Waals surface area (Å²) in [4.78, 5) is 39.6. The lowest BCUT2D eigenvalue weighted by Crippen LogP contribution is -2.30. The molecule has 0 saturated carbocycles. The van der Waals surface area contributed by atoms with Crippen LogP contribution in [0.4, 0.5) is 10.7 Å². The van der Waals surface area contributed by atoms with Crippen LogP contribution in [0.1, 0.15) is 69.5 Å². The molecule has 1 aromatic heterocycles. The largest absolute Gasteiger partial charge is 0.481 e. The molecule has 4 rings (SSSR count). The van der Waals surface area contributed by atoms with E-state index >= 15 is 0 Å². The second kappa shape index (κ2) is 11.8. The average molecular weight is 535 g/mol. The fraction of sp³-hybridized carbons (Fsp3) is 0.367. The van der Waals surface area contributed by atoms with Crippen LogP contribution in [-0.4, -0.2) is 30.5 Å². The molecule has 1 heterocycles. The minimum absolute atomic E-state index is 0.263. The van der Waals surface area contributed by atoms with E-state index in [-0.39, 0.29) is 18.4 Å². The van der Waals surface area contributed by atoms with E-state index < -0.39 is 12.1 Å². The van der Waals surface area contributed by atoms with Crippen LogP contribution in [0.3, 0.4) is 0 Å². The van der Waals surface area contributed by atoms with Crippen LogP contribution in [0, 0.1) is 19.8 Å². The third kappa shape index (κ3) is 6.25. The summed E-state index contributed by atoms with van der Waals surface area (Å²) in [5.74, 6) is 0.0256. The van der Waals surface area contributed by atoms with E-state index in [1.165, 1.54) is 11.3 Å². The van der Waals surface area contributed by atoms with Gasteiger partial charge in [0.25, 0.3) is 11.8 Å². The van der Waals surface area contributed by atoms with E-state index in [1.54, 1.807) is 38.1 Å². The Morgan fingerprint density at radius 2 is 1.82 bits per heavy atom. The minimum atomic E-state index is -0.734. The lowest BCUT2D eigenvalue weighted by atomic mass is 9.88. The van der Waals surface area contributed by atoms with E-state index in [0.717, 1.165) is 46.5 Å². The predicted molar refractivity (Wildman–Crippen MR) is 150 cm³/mol. The molecule has 2 unspecified atom stereocenters. The van der Waals surface area contributed by atoms with Crippen LogP contribution >= 0.6 is 11.3 Å². The van der Waals surface area contributed by atoms with Crippen molar-refractivity contribution >= 4 is 39.8 Å². The summed E-state index contributed by atoms with van der Waals surface area (Å²) in [6.07, 6.45) is 1.97. The van der Waals surface area contributed by atoms with Crippen molar-refractivity contribution in [2.45, 2.75) is 60.0 Å². The number of carbonyl (C=O) groups is 3. The first kappa shape index (κ1) is 27.4. The van der Waals surface area contributed by atoms with Gasteiger partial charge in [0.1, 0.15) is 10.8 Å². The Morgan fingerprint density at radius 3 is 2.50 bits per heavy atom. The highest BCUT2D eigenvalue weighted by atomic mass is 32.1. The molecule has 1 aliphatic carbocycles. The van der Waals surface area contributed by atoms with Crippen molar-refractivity contribution in [3.05, 3.63) is 75.2 Å². The van der Waals surface area contributed by atoms with Gasteiger partial charge in [-0.3, -0.25) is 9.59 Å². The lowest BCUT2D eigenvalue weighted by molar-refractivity contribution is -0.122. The van der Waals surface area contributed by atoms with Gasteiger partial charge in [0.15, 0.2) is 6.10 Å². The van der Waals surface area contributed by atoms with Gasteiger partial charge < -0.3 is 20.1 Å². The van der Waals surface area contributed by atoms with E-state index in [0.29, 0.717) is 27.8 Å². The zero-order valence-electron chi connectivity index (χ0n) is 22.5. The van der Waals surface area contributed by atoms with Crippen molar-refractivity contribution in [3.8, 4) is 5.75 Å². The molecule has 0 aliphatic heterocycles. The first-order chi connectivity index (χ1) is 18.2. The van der Waals surface area contributed by atoms with Gasteiger partial charge in [-0.15, -0.1) is 11.3 Å². The third-order valence-electron chi connectivity index (χ3n) is 6.66. The van der Waals surface area contributed by atoms with Crippen LogP contribution in [0.25, 0.3) is 0 Å². The van der Waals surface area contributed by atoms with Crippen molar-refractivity contribution in [2.24, 2.45) is 5.92 Å². The number of ether oxygens (including phenoxy) is 2. The van der Waals surface area contributed by atoms with Crippen LogP contribution in [0.2, 0.25) is 0 Å². The smallest absolute Gasteiger partial charge is 0.341 e. The molecule has 8 heteroatoms. The van der Waals surface area contributed by atoms with Gasteiger partial charge in [0, 0.05) is 16.1 Å². The fourth-order valence-corrected chi connectivity index (χ4v) is 5.96. The zero-order chi connectivity index (χ0) is 27.4. The summed E-state index contributed by atoms with van der Waals surface area (Å²) >= 11 is 1.46. The Kier molecular flexibility index (Phi) is 8.52. The number of benzene rings is 2. The third-order valence-corrected chi connectivity index (χ3v) is 7.83. The quantitative estimate of drug-likeness (QED) is 0.330. The molecule has 2 atom stereocenters. The molecule has 0 saturated heterocycles. The number of amides is 2. The number of rotatable bonds is 8. The number of anilines is 2. The number of hydrogen-bond donors (Lipinski definition) is 2. The Bertz CT molecular complexity index is 1350. The number of esters is 1. The molecule has 1 aliphatic rings. The molecule has 2 N–H and O–H groups in total. The Hall–Kier alpha value is -3.65. The molecule has 3 aromatic rings. The van der Waals surface area contributed by atoms with Gasteiger partial charge in [0.2, 0.25) is 0 Å². The highest BCUT2D eigenvalue weighted by Gasteiger charge is 2.29. The van der Waals surface area contributed by atoms with Crippen molar-refractivity contribution in [3.63, 3.8) is 0 Å². The topological polar surface area (TPSA) is 93.7 Å². The summed E-state index contributed by atoms with van der Waals surface area (Å²) in [7, 11) is 0. The number of carbonyl (C=O) groups excluding carboxylic acids is 3. The second-order valence-electron chi connectivity index (χ2n) is 9.82. The first-order valence-electron chi connectivity index (χ1n) is 12.9. The molecule has 2 amide bonds. The summed E-state index contributed by atoms with van der Waals surface area (Å²) in [5, 5.41) is 6.36. The van der Waals surface area contributed by atoms with Gasteiger partial charge in [-0.2, -0.15) is 0 Å². The normalized spacial score (nSPS) is 15.2. The van der Waals surface area contributed by atoms with Gasteiger partial charge >= 0.3 is 5.97 Å². The number of aryl methyl sites for hydroxylation is 2. The first-order valence-corrected chi connectivity index (χ1v) is 13.8. The van der Waals surface area contributed by atoms with E-state index in [4.69, 9.17) is 9.47 Å². The Morgan fingerprint density at radius 1 is 1.08 bits per heavy atom. The fourth-order valence-electron chi connectivity index (χ4n) is 4.56. The number of nitrogens with one attached hydrogen (secondary N) is 2. The molecule has 38 heavy (non-hydrogen) atoms.